The number of aromatic nitrogens is 2. The maximum Gasteiger partial charge on any atom is 0.223 e. The van der Waals surface area contributed by atoms with E-state index in [1.807, 2.05) is 18.2 Å². The van der Waals surface area contributed by atoms with Crippen LogP contribution >= 0.6 is 0 Å². The lowest BCUT2D eigenvalue weighted by atomic mass is 10.3. The summed E-state index contributed by atoms with van der Waals surface area (Å²) in [6, 6.07) is 5.57. The van der Waals surface area contributed by atoms with Crippen molar-refractivity contribution in [1.82, 2.24) is 15.3 Å². The molecule has 0 fully saturated rings. The van der Waals surface area contributed by atoms with E-state index in [0.717, 1.165) is 16.8 Å². The quantitative estimate of drug-likeness (QED) is 0.690. The van der Waals surface area contributed by atoms with Crippen LogP contribution in [0.5, 0.6) is 5.75 Å². The van der Waals surface area contributed by atoms with Crippen LogP contribution in [0, 0.1) is 0 Å². The number of nitrogens with two attached hydrogens (primary N) is 1. The Morgan fingerprint density at radius 1 is 1.50 bits per heavy atom. The van der Waals surface area contributed by atoms with Gasteiger partial charge in [0.05, 0.1) is 30.4 Å². The maximum absolute atomic E-state index is 11.3. The van der Waals surface area contributed by atoms with Gasteiger partial charge in [-0.2, -0.15) is 0 Å². The predicted octanol–water partition coefficient (Wildman–Crippen LogP) is 0.407. The number of ether oxygens (including phenoxy) is 1. The van der Waals surface area contributed by atoms with Crippen molar-refractivity contribution in [1.29, 1.82) is 0 Å². The van der Waals surface area contributed by atoms with Crippen molar-refractivity contribution in [3.63, 3.8) is 0 Å². The van der Waals surface area contributed by atoms with Crippen LogP contribution in [0.15, 0.2) is 24.5 Å². The molecule has 6 heteroatoms. The molecule has 0 saturated carbocycles. The minimum Gasteiger partial charge on any atom is -0.493 e. The van der Waals surface area contributed by atoms with Crippen LogP contribution in [0.25, 0.3) is 11.0 Å². The zero-order valence-electron chi connectivity index (χ0n) is 9.98. The summed E-state index contributed by atoms with van der Waals surface area (Å²) in [6.45, 7) is 1.29. The number of carbonyl (C=O) groups excluding carboxylic acids is 1. The monoisotopic (exact) mass is 248 g/mol. The standard InChI is InChI=1S/C12H16N4O2/c13-4-5-14-12(17)3-6-18-9-1-2-10-11(7-9)16-8-15-10/h1-2,7-8H,3-6,13H2,(H,14,17)(H,15,16). The molecule has 0 spiro atoms. The fourth-order valence-corrected chi connectivity index (χ4v) is 1.57. The summed E-state index contributed by atoms with van der Waals surface area (Å²) >= 11 is 0. The van der Waals surface area contributed by atoms with Crippen LogP contribution in [0.2, 0.25) is 0 Å². The van der Waals surface area contributed by atoms with Crippen LogP contribution in [-0.4, -0.2) is 35.6 Å². The van der Waals surface area contributed by atoms with Gasteiger partial charge in [-0.25, -0.2) is 4.98 Å². The highest BCUT2D eigenvalue weighted by atomic mass is 16.5. The van der Waals surface area contributed by atoms with Crippen molar-refractivity contribution in [3.05, 3.63) is 24.5 Å². The second-order valence-corrected chi connectivity index (χ2v) is 3.82. The fraction of sp³-hybridized carbons (Fsp3) is 0.333. The fourth-order valence-electron chi connectivity index (χ4n) is 1.57. The average Bonchev–Trinajstić information content (AvgIpc) is 2.83. The molecule has 0 unspecified atom stereocenters. The van der Waals surface area contributed by atoms with E-state index >= 15 is 0 Å². The third kappa shape index (κ3) is 3.21. The number of amides is 1. The van der Waals surface area contributed by atoms with Gasteiger partial charge >= 0.3 is 0 Å². The average molecular weight is 248 g/mol. The van der Waals surface area contributed by atoms with E-state index in [0.29, 0.717) is 26.1 Å². The molecule has 6 nitrogen and oxygen atoms in total. The number of hydrogen-bond donors (Lipinski definition) is 3. The van der Waals surface area contributed by atoms with E-state index in [4.69, 9.17) is 10.5 Å². The largest absolute Gasteiger partial charge is 0.493 e. The molecule has 1 amide bonds. The van der Waals surface area contributed by atoms with Crippen LogP contribution in [0.3, 0.4) is 0 Å². The number of carbonyl (C=O) groups is 1. The number of nitrogens with zero attached hydrogens (tertiary/aromatic N) is 1. The summed E-state index contributed by atoms with van der Waals surface area (Å²) in [5, 5.41) is 2.68. The number of fused-ring (bicyclic) bond motifs is 1. The van der Waals surface area contributed by atoms with Gasteiger partial charge in [-0.15, -0.1) is 0 Å². The molecule has 0 saturated heterocycles. The summed E-state index contributed by atoms with van der Waals surface area (Å²) in [7, 11) is 0. The normalized spacial score (nSPS) is 10.5. The Bertz CT molecular complexity index is 524. The molecule has 2 rings (SSSR count). The van der Waals surface area contributed by atoms with Gasteiger partial charge in [0.1, 0.15) is 5.75 Å². The predicted molar refractivity (Wildman–Crippen MR) is 68.3 cm³/mol. The Balaban J connectivity index is 1.81. The van der Waals surface area contributed by atoms with E-state index < -0.39 is 0 Å². The third-order valence-corrected chi connectivity index (χ3v) is 2.46. The highest BCUT2D eigenvalue weighted by Crippen LogP contribution is 2.17. The number of rotatable bonds is 6. The second kappa shape index (κ2) is 6.02. The first-order valence-corrected chi connectivity index (χ1v) is 5.82. The van der Waals surface area contributed by atoms with Crippen molar-refractivity contribution in [3.8, 4) is 5.75 Å². The van der Waals surface area contributed by atoms with E-state index in [9.17, 15) is 4.79 Å². The molecular weight excluding hydrogens is 232 g/mol. The molecule has 1 heterocycles. The summed E-state index contributed by atoms with van der Waals surface area (Å²) < 4.78 is 5.49. The van der Waals surface area contributed by atoms with Crippen molar-refractivity contribution < 1.29 is 9.53 Å². The molecule has 2 aromatic rings. The number of nitrogens with one attached hydrogen (secondary N) is 2. The Kier molecular flexibility index (Phi) is 4.14. The number of imidazole rings is 1. The first kappa shape index (κ1) is 12.4. The molecule has 0 radical (unpaired) electrons. The van der Waals surface area contributed by atoms with Gasteiger partial charge in [-0.1, -0.05) is 0 Å². The molecule has 0 bridgehead atoms. The summed E-state index contributed by atoms with van der Waals surface area (Å²) in [6.07, 6.45) is 1.95. The molecular formula is C12H16N4O2. The Hall–Kier alpha value is -2.08. The first-order chi connectivity index (χ1) is 8.79. The summed E-state index contributed by atoms with van der Waals surface area (Å²) in [5.74, 6) is 0.668. The number of benzene rings is 1. The molecule has 1 aromatic carbocycles. The van der Waals surface area contributed by atoms with E-state index in [2.05, 4.69) is 15.3 Å². The molecule has 1 aromatic heterocycles. The Morgan fingerprint density at radius 3 is 3.22 bits per heavy atom. The molecule has 4 N–H and O–H groups in total. The van der Waals surface area contributed by atoms with Gasteiger partial charge in [0.25, 0.3) is 0 Å². The lowest BCUT2D eigenvalue weighted by Gasteiger charge is -2.06. The minimum absolute atomic E-state index is 0.0527. The Morgan fingerprint density at radius 2 is 2.39 bits per heavy atom. The highest BCUT2D eigenvalue weighted by molar-refractivity contribution is 5.76. The molecule has 0 aliphatic carbocycles. The highest BCUT2D eigenvalue weighted by Gasteiger charge is 2.02. The van der Waals surface area contributed by atoms with Crippen LogP contribution in [0.4, 0.5) is 0 Å². The van der Waals surface area contributed by atoms with E-state index in [1.54, 1.807) is 6.33 Å². The van der Waals surface area contributed by atoms with Crippen molar-refractivity contribution in [2.75, 3.05) is 19.7 Å². The van der Waals surface area contributed by atoms with Crippen molar-refractivity contribution in [2.24, 2.45) is 5.73 Å². The number of aromatic amines is 1. The smallest absolute Gasteiger partial charge is 0.223 e. The van der Waals surface area contributed by atoms with Gasteiger partial charge in [0.2, 0.25) is 5.91 Å². The Labute approximate surface area is 105 Å². The van der Waals surface area contributed by atoms with Gasteiger partial charge < -0.3 is 20.8 Å². The van der Waals surface area contributed by atoms with Gasteiger partial charge in [0.15, 0.2) is 0 Å². The maximum atomic E-state index is 11.3. The molecule has 0 atom stereocenters. The minimum atomic E-state index is -0.0527. The molecule has 0 aliphatic rings. The van der Waals surface area contributed by atoms with Gasteiger partial charge in [-0.05, 0) is 12.1 Å². The topological polar surface area (TPSA) is 93.0 Å². The van der Waals surface area contributed by atoms with Crippen LogP contribution < -0.4 is 15.8 Å². The third-order valence-electron chi connectivity index (χ3n) is 2.46. The molecule has 18 heavy (non-hydrogen) atoms. The first-order valence-electron chi connectivity index (χ1n) is 5.82. The van der Waals surface area contributed by atoms with Crippen molar-refractivity contribution in [2.45, 2.75) is 6.42 Å². The lowest BCUT2D eigenvalue weighted by Crippen LogP contribution is -2.29. The van der Waals surface area contributed by atoms with E-state index in [-0.39, 0.29) is 5.91 Å². The van der Waals surface area contributed by atoms with Gasteiger partial charge in [-0.3, -0.25) is 4.79 Å². The van der Waals surface area contributed by atoms with Crippen LogP contribution in [-0.2, 0) is 4.79 Å². The lowest BCUT2D eigenvalue weighted by molar-refractivity contribution is -0.121. The molecule has 0 aliphatic heterocycles. The number of H-pyrrole nitrogens is 1. The summed E-state index contributed by atoms with van der Waals surface area (Å²) in [5.41, 5.74) is 7.09. The van der Waals surface area contributed by atoms with Crippen molar-refractivity contribution >= 4 is 16.9 Å². The van der Waals surface area contributed by atoms with E-state index in [1.165, 1.54) is 0 Å². The number of hydrogen-bond acceptors (Lipinski definition) is 4. The summed E-state index contributed by atoms with van der Waals surface area (Å²) in [4.78, 5) is 18.4. The molecule has 96 valence electrons. The SMILES string of the molecule is NCCNC(=O)CCOc1ccc2nc[nH]c2c1. The second-order valence-electron chi connectivity index (χ2n) is 3.82. The zero-order chi connectivity index (χ0) is 12.8. The zero-order valence-corrected chi connectivity index (χ0v) is 9.98. The van der Waals surface area contributed by atoms with Crippen LogP contribution in [0.1, 0.15) is 6.42 Å². The van der Waals surface area contributed by atoms with Gasteiger partial charge in [0, 0.05) is 19.2 Å².